The molecule has 6 nitrogen and oxygen atoms in total. The molecule has 136 valence electrons. The second-order valence-corrected chi connectivity index (χ2v) is 7.78. The van der Waals surface area contributed by atoms with Crippen LogP contribution in [0.2, 0.25) is 0 Å². The van der Waals surface area contributed by atoms with Gasteiger partial charge in [0.25, 0.3) is 0 Å². The highest BCUT2D eigenvalue weighted by Crippen LogP contribution is 2.41. The third-order valence-corrected chi connectivity index (χ3v) is 5.89. The van der Waals surface area contributed by atoms with Crippen molar-refractivity contribution in [3.8, 4) is 11.3 Å². The predicted octanol–water partition coefficient (Wildman–Crippen LogP) is 4.27. The fraction of sp³-hybridized carbons (Fsp3) is 0.333. The van der Waals surface area contributed by atoms with Gasteiger partial charge in [-0.05, 0) is 25.0 Å². The summed E-state index contributed by atoms with van der Waals surface area (Å²) in [5.41, 5.74) is 4.32. The van der Waals surface area contributed by atoms with E-state index in [0.29, 0.717) is 16.7 Å². The Labute approximate surface area is 156 Å². The first-order valence-electron chi connectivity index (χ1n) is 9.36. The van der Waals surface area contributed by atoms with Gasteiger partial charge in [-0.15, -0.1) is 0 Å². The number of ketones is 1. The molecule has 0 radical (unpaired) electrons. The van der Waals surface area contributed by atoms with Gasteiger partial charge in [0, 0.05) is 42.0 Å². The van der Waals surface area contributed by atoms with E-state index >= 15 is 0 Å². The predicted molar refractivity (Wildman–Crippen MR) is 105 cm³/mol. The summed E-state index contributed by atoms with van der Waals surface area (Å²) in [6.45, 7) is 2.08. The Morgan fingerprint density at radius 1 is 1.26 bits per heavy atom. The quantitative estimate of drug-likeness (QED) is 0.554. The van der Waals surface area contributed by atoms with Gasteiger partial charge in [-0.25, -0.2) is 15.0 Å². The Morgan fingerprint density at radius 3 is 2.89 bits per heavy atom. The van der Waals surface area contributed by atoms with Crippen molar-refractivity contribution < 1.29 is 4.79 Å². The Kier molecular flexibility index (Phi) is 3.44. The number of rotatable bonds is 3. The number of aryl methyl sites for hydroxylation is 1. The Morgan fingerprint density at radius 2 is 2.07 bits per heavy atom. The topological polar surface area (TPSA) is 76.5 Å². The lowest BCUT2D eigenvalue weighted by molar-refractivity contribution is 0.0825. The lowest BCUT2D eigenvalue weighted by atomic mass is 9.81. The SMILES string of the molecule is Cn1cc(-c2cnc3[nH]cc(C(=O)C4(C)CCCC4)c3n2)c2cccnc21. The molecule has 5 rings (SSSR count). The van der Waals surface area contributed by atoms with E-state index in [9.17, 15) is 4.79 Å². The van der Waals surface area contributed by atoms with Crippen molar-refractivity contribution in [2.75, 3.05) is 0 Å². The summed E-state index contributed by atoms with van der Waals surface area (Å²) < 4.78 is 1.99. The largest absolute Gasteiger partial charge is 0.344 e. The standard InChI is InChI=1S/C21H21N5O/c1-21(7-3-4-8-21)18(27)14-10-23-19-17(14)25-16(11-24-19)15-12-26(2)20-13(15)6-5-9-22-20/h5-6,9-12H,3-4,7-8H2,1-2H3,(H,23,24). The number of fused-ring (bicyclic) bond motifs is 2. The zero-order valence-corrected chi connectivity index (χ0v) is 15.5. The normalized spacial score (nSPS) is 16.4. The summed E-state index contributed by atoms with van der Waals surface area (Å²) in [7, 11) is 1.97. The van der Waals surface area contributed by atoms with Gasteiger partial charge in [-0.2, -0.15) is 0 Å². The number of aromatic nitrogens is 5. The van der Waals surface area contributed by atoms with E-state index in [1.54, 1.807) is 18.6 Å². The van der Waals surface area contributed by atoms with Gasteiger partial charge in [0.05, 0.1) is 17.5 Å². The Hall–Kier alpha value is -3.02. The number of carbonyl (C=O) groups excluding carboxylic acids is 1. The molecule has 0 unspecified atom stereocenters. The van der Waals surface area contributed by atoms with E-state index in [4.69, 9.17) is 4.98 Å². The molecule has 1 aliphatic rings. The molecule has 0 spiro atoms. The number of H-pyrrole nitrogens is 1. The molecule has 1 fully saturated rings. The molecule has 0 aliphatic heterocycles. The molecule has 1 N–H and O–H groups in total. The summed E-state index contributed by atoms with van der Waals surface area (Å²) >= 11 is 0. The highest BCUT2D eigenvalue weighted by atomic mass is 16.1. The van der Waals surface area contributed by atoms with Crippen LogP contribution in [-0.2, 0) is 7.05 Å². The minimum Gasteiger partial charge on any atom is -0.344 e. The maximum Gasteiger partial charge on any atom is 0.172 e. The van der Waals surface area contributed by atoms with Gasteiger partial charge in [0.1, 0.15) is 11.2 Å². The second kappa shape index (κ2) is 5.74. The van der Waals surface area contributed by atoms with Crippen LogP contribution in [0.25, 0.3) is 33.5 Å². The number of hydrogen-bond acceptors (Lipinski definition) is 4. The molecule has 4 heterocycles. The smallest absolute Gasteiger partial charge is 0.172 e. The second-order valence-electron chi connectivity index (χ2n) is 7.78. The van der Waals surface area contributed by atoms with E-state index in [1.807, 2.05) is 29.9 Å². The molecule has 6 heteroatoms. The van der Waals surface area contributed by atoms with Crippen molar-refractivity contribution in [2.24, 2.45) is 12.5 Å². The average molecular weight is 359 g/mol. The molecule has 27 heavy (non-hydrogen) atoms. The molecule has 0 bridgehead atoms. The minimum atomic E-state index is -0.282. The molecule has 0 amide bonds. The van der Waals surface area contributed by atoms with Gasteiger partial charge in [-0.3, -0.25) is 4.79 Å². The first kappa shape index (κ1) is 16.2. The van der Waals surface area contributed by atoms with E-state index in [-0.39, 0.29) is 11.2 Å². The van der Waals surface area contributed by atoms with Crippen molar-refractivity contribution in [3.05, 3.63) is 42.5 Å². The lowest BCUT2D eigenvalue weighted by Crippen LogP contribution is -2.24. The maximum atomic E-state index is 13.2. The van der Waals surface area contributed by atoms with Crippen molar-refractivity contribution in [1.29, 1.82) is 0 Å². The van der Waals surface area contributed by atoms with Gasteiger partial charge in [-0.1, -0.05) is 19.8 Å². The van der Waals surface area contributed by atoms with Gasteiger partial charge in [0.2, 0.25) is 0 Å². The third kappa shape index (κ3) is 2.40. The first-order valence-corrected chi connectivity index (χ1v) is 9.36. The summed E-state index contributed by atoms with van der Waals surface area (Å²) in [4.78, 5) is 30.1. The maximum absolute atomic E-state index is 13.2. The number of nitrogens with zero attached hydrogens (tertiary/aromatic N) is 4. The zero-order chi connectivity index (χ0) is 18.6. The van der Waals surface area contributed by atoms with Crippen LogP contribution >= 0.6 is 0 Å². The number of pyridine rings is 1. The van der Waals surface area contributed by atoms with Crippen LogP contribution in [0.15, 0.2) is 36.9 Å². The average Bonchev–Trinajstić information content (AvgIpc) is 3.39. The van der Waals surface area contributed by atoms with E-state index in [0.717, 1.165) is 48.0 Å². The molecule has 0 atom stereocenters. The number of carbonyl (C=O) groups is 1. The van der Waals surface area contributed by atoms with Crippen molar-refractivity contribution in [1.82, 2.24) is 24.5 Å². The fourth-order valence-electron chi connectivity index (χ4n) is 4.32. The highest BCUT2D eigenvalue weighted by molar-refractivity contribution is 6.09. The number of aromatic amines is 1. The van der Waals surface area contributed by atoms with Crippen LogP contribution in [0.1, 0.15) is 43.0 Å². The van der Waals surface area contributed by atoms with E-state index in [2.05, 4.69) is 21.9 Å². The summed E-state index contributed by atoms with van der Waals surface area (Å²) in [6, 6.07) is 3.95. The molecule has 0 aromatic carbocycles. The molecular weight excluding hydrogens is 338 g/mol. The van der Waals surface area contributed by atoms with E-state index in [1.165, 1.54) is 0 Å². The van der Waals surface area contributed by atoms with E-state index < -0.39 is 0 Å². The first-order chi connectivity index (χ1) is 13.1. The minimum absolute atomic E-state index is 0.178. The van der Waals surface area contributed by atoms with Crippen LogP contribution < -0.4 is 0 Å². The molecule has 0 saturated heterocycles. The van der Waals surface area contributed by atoms with Crippen LogP contribution in [-0.4, -0.2) is 30.3 Å². The molecule has 4 aromatic heterocycles. The Balaban J connectivity index is 1.66. The summed E-state index contributed by atoms with van der Waals surface area (Å²) in [6.07, 6.45) is 11.4. The third-order valence-electron chi connectivity index (χ3n) is 5.89. The Bertz CT molecular complexity index is 1180. The van der Waals surface area contributed by atoms with Gasteiger partial charge in [0.15, 0.2) is 11.4 Å². The molecular formula is C21H21N5O. The fourth-order valence-corrected chi connectivity index (χ4v) is 4.32. The van der Waals surface area contributed by atoms with Crippen LogP contribution in [0, 0.1) is 5.41 Å². The number of Topliss-reactive ketones (excluding diaryl/α,β-unsaturated/α-hetero) is 1. The zero-order valence-electron chi connectivity index (χ0n) is 15.5. The number of hydrogen-bond donors (Lipinski definition) is 1. The number of nitrogens with one attached hydrogen (secondary N) is 1. The van der Waals surface area contributed by atoms with Crippen LogP contribution in [0.5, 0.6) is 0 Å². The monoisotopic (exact) mass is 359 g/mol. The van der Waals surface area contributed by atoms with Crippen LogP contribution in [0.4, 0.5) is 0 Å². The van der Waals surface area contributed by atoms with Gasteiger partial charge < -0.3 is 9.55 Å². The molecule has 4 aromatic rings. The lowest BCUT2D eigenvalue weighted by Gasteiger charge is -2.20. The summed E-state index contributed by atoms with van der Waals surface area (Å²) in [5, 5.41) is 1.03. The summed E-state index contributed by atoms with van der Waals surface area (Å²) in [5.74, 6) is 0.178. The van der Waals surface area contributed by atoms with Crippen molar-refractivity contribution in [2.45, 2.75) is 32.6 Å². The van der Waals surface area contributed by atoms with Crippen molar-refractivity contribution >= 4 is 28.0 Å². The molecule has 1 aliphatic carbocycles. The highest BCUT2D eigenvalue weighted by Gasteiger charge is 2.38. The van der Waals surface area contributed by atoms with Crippen LogP contribution in [0.3, 0.4) is 0 Å². The van der Waals surface area contributed by atoms with Gasteiger partial charge >= 0.3 is 0 Å². The van der Waals surface area contributed by atoms with Crippen molar-refractivity contribution in [3.63, 3.8) is 0 Å². The molecule has 1 saturated carbocycles.